The van der Waals surface area contributed by atoms with Crippen molar-refractivity contribution in [3.63, 3.8) is 0 Å². The topological polar surface area (TPSA) is 40.5 Å². The molecule has 0 saturated heterocycles. The molecule has 0 heterocycles. The van der Waals surface area contributed by atoms with Gasteiger partial charge in [0.05, 0.1) is 5.69 Å². The number of nitrogens with zero attached hydrogens (tertiary/aromatic N) is 1. The molecule has 2 rings (SSSR count). The lowest BCUT2D eigenvalue weighted by molar-refractivity contribution is -0.121. The second-order valence-corrected chi connectivity index (χ2v) is 4.74. The molecule has 0 saturated carbocycles. The smallest absolute Gasteiger partial charge is 0.247 e. The van der Waals surface area contributed by atoms with Crippen LogP contribution < -0.4 is 5.06 Å². The van der Waals surface area contributed by atoms with Gasteiger partial charge in [-0.25, -0.2) is 0 Å². The van der Waals surface area contributed by atoms with Gasteiger partial charge in [0.15, 0.2) is 0 Å². The Morgan fingerprint density at radius 1 is 1.00 bits per heavy atom. The lowest BCUT2D eigenvalue weighted by atomic mass is 10.1. The summed E-state index contributed by atoms with van der Waals surface area (Å²) < 4.78 is 0. The zero-order chi connectivity index (χ0) is 14.5. The molecule has 0 aliphatic heterocycles. The van der Waals surface area contributed by atoms with Crippen molar-refractivity contribution < 1.29 is 10.0 Å². The normalized spacial score (nSPS) is 10.8. The van der Waals surface area contributed by atoms with E-state index in [1.807, 2.05) is 48.6 Å². The number of amides is 1. The fourth-order valence-electron chi connectivity index (χ4n) is 1.67. The van der Waals surface area contributed by atoms with Crippen LogP contribution in [0.15, 0.2) is 48.5 Å². The van der Waals surface area contributed by atoms with Crippen LogP contribution in [0.25, 0.3) is 12.2 Å². The number of carbonyl (C=O) groups excluding carboxylic acids is 1. The maximum Gasteiger partial charge on any atom is 0.247 e. The Morgan fingerprint density at radius 3 is 1.90 bits per heavy atom. The summed E-state index contributed by atoms with van der Waals surface area (Å²) in [6.07, 6.45) is 3.91. The Labute approximate surface area is 122 Å². The van der Waals surface area contributed by atoms with Gasteiger partial charge in [-0.1, -0.05) is 48.0 Å². The third-order valence-electron chi connectivity index (χ3n) is 2.77. The number of benzene rings is 2. The quantitative estimate of drug-likeness (QED) is 0.521. The molecule has 0 fully saturated rings. The predicted molar refractivity (Wildman–Crippen MR) is 81.8 cm³/mol. The molecule has 0 aliphatic rings. The Morgan fingerprint density at radius 2 is 1.45 bits per heavy atom. The molecule has 0 spiro atoms. The fraction of sp³-hybridized carbons (Fsp3) is 0.0625. The minimum absolute atomic E-state index is 0.422. The first-order chi connectivity index (χ1) is 9.56. The monoisotopic (exact) mass is 287 g/mol. The van der Waals surface area contributed by atoms with Crippen LogP contribution in [-0.4, -0.2) is 11.1 Å². The number of hydroxylamine groups is 1. The van der Waals surface area contributed by atoms with Crippen LogP contribution in [0.3, 0.4) is 0 Å². The Kier molecular flexibility index (Phi) is 4.56. The standard InChI is InChI=1S/C16H14ClNO2/c1-12(19)18(20)16-10-6-14(7-11-16)3-2-13-4-8-15(17)9-5-13/h2-11,20H,1H3/b3-2+. The van der Waals surface area contributed by atoms with Crippen molar-refractivity contribution in [1.82, 2.24) is 0 Å². The number of hydrogen-bond acceptors (Lipinski definition) is 2. The van der Waals surface area contributed by atoms with Crippen LogP contribution in [0.1, 0.15) is 18.1 Å². The van der Waals surface area contributed by atoms with Gasteiger partial charge in [-0.15, -0.1) is 0 Å². The highest BCUT2D eigenvalue weighted by atomic mass is 35.5. The molecule has 4 heteroatoms. The van der Waals surface area contributed by atoms with Crippen LogP contribution in [0.4, 0.5) is 5.69 Å². The molecule has 0 unspecified atom stereocenters. The van der Waals surface area contributed by atoms with Gasteiger partial charge >= 0.3 is 0 Å². The summed E-state index contributed by atoms with van der Waals surface area (Å²) >= 11 is 5.82. The fourth-order valence-corrected chi connectivity index (χ4v) is 1.80. The second-order valence-electron chi connectivity index (χ2n) is 4.31. The number of carbonyl (C=O) groups is 1. The van der Waals surface area contributed by atoms with Crippen LogP contribution in [-0.2, 0) is 4.79 Å². The summed E-state index contributed by atoms with van der Waals surface area (Å²) in [5, 5.41) is 10.8. The van der Waals surface area contributed by atoms with Gasteiger partial charge in [-0.05, 0) is 35.4 Å². The molecule has 3 nitrogen and oxygen atoms in total. The third-order valence-corrected chi connectivity index (χ3v) is 3.03. The van der Waals surface area contributed by atoms with Gasteiger partial charge in [-0.3, -0.25) is 10.0 Å². The average molecular weight is 288 g/mol. The van der Waals surface area contributed by atoms with Gasteiger partial charge in [0, 0.05) is 11.9 Å². The zero-order valence-corrected chi connectivity index (χ0v) is 11.7. The van der Waals surface area contributed by atoms with Crippen molar-refractivity contribution >= 4 is 35.3 Å². The maximum atomic E-state index is 11.0. The van der Waals surface area contributed by atoms with Crippen molar-refractivity contribution in [3.8, 4) is 0 Å². The van der Waals surface area contributed by atoms with Gasteiger partial charge < -0.3 is 0 Å². The minimum Gasteiger partial charge on any atom is -0.281 e. The summed E-state index contributed by atoms with van der Waals surface area (Å²) in [5.74, 6) is -0.422. The largest absolute Gasteiger partial charge is 0.281 e. The van der Waals surface area contributed by atoms with E-state index in [-0.39, 0.29) is 0 Å². The van der Waals surface area contributed by atoms with Crippen LogP contribution >= 0.6 is 11.6 Å². The van der Waals surface area contributed by atoms with E-state index in [0.29, 0.717) is 15.8 Å². The van der Waals surface area contributed by atoms with Crippen LogP contribution in [0, 0.1) is 0 Å². The molecule has 2 aromatic rings. The molecule has 2 aromatic carbocycles. The zero-order valence-electron chi connectivity index (χ0n) is 11.0. The highest BCUT2D eigenvalue weighted by molar-refractivity contribution is 6.30. The Bertz CT molecular complexity index is 618. The lowest BCUT2D eigenvalue weighted by Gasteiger charge is -2.12. The summed E-state index contributed by atoms with van der Waals surface area (Å²) in [4.78, 5) is 11.0. The molecule has 0 radical (unpaired) electrons. The van der Waals surface area contributed by atoms with Crippen molar-refractivity contribution in [2.45, 2.75) is 6.92 Å². The van der Waals surface area contributed by atoms with Gasteiger partial charge in [0.2, 0.25) is 5.91 Å². The molecule has 0 atom stereocenters. The van der Waals surface area contributed by atoms with E-state index < -0.39 is 5.91 Å². The molecular formula is C16H14ClNO2. The average Bonchev–Trinajstić information content (AvgIpc) is 2.46. The molecule has 0 bridgehead atoms. The van der Waals surface area contributed by atoms with Gasteiger partial charge in [-0.2, -0.15) is 5.06 Å². The number of hydrogen-bond donors (Lipinski definition) is 1. The first kappa shape index (κ1) is 14.3. The highest BCUT2D eigenvalue weighted by Gasteiger charge is 2.06. The van der Waals surface area contributed by atoms with E-state index in [4.69, 9.17) is 11.6 Å². The van der Waals surface area contributed by atoms with Crippen LogP contribution in [0.5, 0.6) is 0 Å². The van der Waals surface area contributed by atoms with Crippen LogP contribution in [0.2, 0.25) is 5.02 Å². The highest BCUT2D eigenvalue weighted by Crippen LogP contribution is 2.16. The van der Waals surface area contributed by atoms with Crippen molar-refractivity contribution in [1.29, 1.82) is 0 Å². The van der Waals surface area contributed by atoms with Crippen molar-refractivity contribution in [2.75, 3.05) is 5.06 Å². The lowest BCUT2D eigenvalue weighted by Crippen LogP contribution is -2.23. The number of halogens is 1. The molecule has 102 valence electrons. The Hall–Kier alpha value is -2.10. The van der Waals surface area contributed by atoms with Gasteiger partial charge in [0.25, 0.3) is 0 Å². The first-order valence-electron chi connectivity index (χ1n) is 6.09. The van der Waals surface area contributed by atoms with Crippen molar-refractivity contribution in [3.05, 3.63) is 64.7 Å². The summed E-state index contributed by atoms with van der Waals surface area (Å²) in [6.45, 7) is 1.30. The molecule has 0 aromatic heterocycles. The SMILES string of the molecule is CC(=O)N(O)c1ccc(/C=C/c2ccc(Cl)cc2)cc1. The van der Waals surface area contributed by atoms with E-state index >= 15 is 0 Å². The van der Waals surface area contributed by atoms with E-state index in [0.717, 1.165) is 11.1 Å². The van der Waals surface area contributed by atoms with Gasteiger partial charge in [0.1, 0.15) is 0 Å². The molecule has 1 N–H and O–H groups in total. The summed E-state index contributed by atoms with van der Waals surface area (Å²) in [6, 6.07) is 14.5. The molecular weight excluding hydrogens is 274 g/mol. The summed E-state index contributed by atoms with van der Waals surface area (Å²) in [5.41, 5.74) is 2.47. The first-order valence-corrected chi connectivity index (χ1v) is 6.47. The molecule has 20 heavy (non-hydrogen) atoms. The summed E-state index contributed by atoms with van der Waals surface area (Å²) in [7, 11) is 0. The van der Waals surface area contributed by atoms with E-state index in [1.54, 1.807) is 12.1 Å². The van der Waals surface area contributed by atoms with E-state index in [2.05, 4.69) is 0 Å². The molecule has 1 amide bonds. The number of rotatable bonds is 3. The van der Waals surface area contributed by atoms with E-state index in [1.165, 1.54) is 6.92 Å². The molecule has 0 aliphatic carbocycles. The Balaban J connectivity index is 2.10. The second kappa shape index (κ2) is 6.37. The van der Waals surface area contributed by atoms with E-state index in [9.17, 15) is 10.0 Å². The predicted octanol–water partition coefficient (Wildman–Crippen LogP) is 4.25. The maximum absolute atomic E-state index is 11.0. The third kappa shape index (κ3) is 3.70. The number of anilines is 1. The minimum atomic E-state index is -0.422. The van der Waals surface area contributed by atoms with Crippen molar-refractivity contribution in [2.24, 2.45) is 0 Å².